The molecule has 0 bridgehead atoms. The molecule has 1 aliphatic carbocycles. The van der Waals surface area contributed by atoms with Gasteiger partial charge in [-0.15, -0.1) is 0 Å². The van der Waals surface area contributed by atoms with E-state index in [2.05, 4.69) is 5.32 Å². The number of rotatable bonds is 5. The van der Waals surface area contributed by atoms with Gasteiger partial charge in [0.2, 0.25) is 5.91 Å². The van der Waals surface area contributed by atoms with Crippen LogP contribution in [0.25, 0.3) is 0 Å². The fraction of sp³-hybridized carbons (Fsp3) is 0.588. The van der Waals surface area contributed by atoms with Gasteiger partial charge in [-0.1, -0.05) is 19.3 Å². The number of halogens is 1. The number of carbonyl (C=O) groups is 1. The Morgan fingerprint density at radius 2 is 2.05 bits per heavy atom. The maximum atomic E-state index is 14.0. The molecule has 1 aromatic carbocycles. The molecule has 1 aromatic rings. The van der Waals surface area contributed by atoms with Crippen molar-refractivity contribution >= 4 is 11.6 Å². The predicted octanol–water partition coefficient (Wildman–Crippen LogP) is 3.64. The largest absolute Gasteiger partial charge is 0.491 e. The number of amides is 1. The monoisotopic (exact) mass is 309 g/mol. The quantitative estimate of drug-likeness (QED) is 0.873. The van der Waals surface area contributed by atoms with E-state index < -0.39 is 11.4 Å². The van der Waals surface area contributed by atoms with Crippen LogP contribution >= 0.6 is 0 Å². The average molecular weight is 309 g/mol. The molecule has 0 aromatic heterocycles. The third-order valence-electron chi connectivity index (χ3n) is 3.86. The Balaban J connectivity index is 1.96. The van der Waals surface area contributed by atoms with Crippen LogP contribution in [-0.4, -0.2) is 22.7 Å². The minimum atomic E-state index is -0.945. The standard InChI is InChI=1S/C17H24FNO3/c1-12(2)22-13-6-7-15(14(18)10-13)19-16(20)11-17(21)8-4-3-5-9-17/h6-7,10,12,21H,3-5,8-9,11H2,1-2H3,(H,19,20). The molecule has 1 amide bonds. The number of aliphatic hydroxyl groups is 1. The van der Waals surface area contributed by atoms with Crippen molar-refractivity contribution in [2.24, 2.45) is 0 Å². The lowest BCUT2D eigenvalue weighted by molar-refractivity contribution is -0.122. The van der Waals surface area contributed by atoms with Crippen LogP contribution in [0.5, 0.6) is 5.75 Å². The van der Waals surface area contributed by atoms with Gasteiger partial charge < -0.3 is 15.2 Å². The molecule has 1 fully saturated rings. The molecule has 5 heteroatoms. The summed E-state index contributed by atoms with van der Waals surface area (Å²) in [6.45, 7) is 3.72. The Kier molecular flexibility index (Phi) is 5.40. The van der Waals surface area contributed by atoms with Crippen molar-refractivity contribution in [2.75, 3.05) is 5.32 Å². The average Bonchev–Trinajstić information content (AvgIpc) is 2.41. The number of carbonyl (C=O) groups excluding carboxylic acids is 1. The highest BCUT2D eigenvalue weighted by atomic mass is 19.1. The zero-order chi connectivity index (χ0) is 16.2. The molecule has 0 aliphatic heterocycles. The first-order valence-electron chi connectivity index (χ1n) is 7.86. The van der Waals surface area contributed by atoms with E-state index in [0.29, 0.717) is 18.6 Å². The van der Waals surface area contributed by atoms with Crippen molar-refractivity contribution < 1.29 is 19.0 Å². The molecular formula is C17H24FNO3. The first-order chi connectivity index (χ1) is 10.4. The fourth-order valence-electron chi connectivity index (χ4n) is 2.82. The first kappa shape index (κ1) is 16.7. The zero-order valence-corrected chi connectivity index (χ0v) is 13.2. The van der Waals surface area contributed by atoms with E-state index in [-0.39, 0.29) is 24.1 Å². The molecule has 122 valence electrons. The van der Waals surface area contributed by atoms with Crippen molar-refractivity contribution in [1.82, 2.24) is 0 Å². The van der Waals surface area contributed by atoms with Crippen LogP contribution in [0.1, 0.15) is 52.4 Å². The van der Waals surface area contributed by atoms with Crippen molar-refractivity contribution in [2.45, 2.75) is 64.1 Å². The molecule has 4 nitrogen and oxygen atoms in total. The molecule has 1 saturated carbocycles. The highest BCUT2D eigenvalue weighted by Crippen LogP contribution is 2.31. The molecular weight excluding hydrogens is 285 g/mol. The van der Waals surface area contributed by atoms with E-state index in [0.717, 1.165) is 19.3 Å². The van der Waals surface area contributed by atoms with Crippen LogP contribution < -0.4 is 10.1 Å². The van der Waals surface area contributed by atoms with E-state index in [9.17, 15) is 14.3 Å². The summed E-state index contributed by atoms with van der Waals surface area (Å²) in [7, 11) is 0. The molecule has 0 atom stereocenters. The van der Waals surface area contributed by atoms with Crippen molar-refractivity contribution in [3.05, 3.63) is 24.0 Å². The molecule has 2 N–H and O–H groups in total. The van der Waals surface area contributed by atoms with Gasteiger partial charge in [-0.25, -0.2) is 4.39 Å². The predicted molar refractivity (Wildman–Crippen MR) is 83.4 cm³/mol. The van der Waals surface area contributed by atoms with Gasteiger partial charge in [-0.3, -0.25) is 4.79 Å². The van der Waals surface area contributed by atoms with Gasteiger partial charge in [0.1, 0.15) is 11.6 Å². The number of hydrogen-bond acceptors (Lipinski definition) is 3. The van der Waals surface area contributed by atoms with Gasteiger partial charge >= 0.3 is 0 Å². The molecule has 0 heterocycles. The number of benzene rings is 1. The summed E-state index contributed by atoms with van der Waals surface area (Å²) in [4.78, 5) is 12.0. The van der Waals surface area contributed by atoms with Gasteiger partial charge in [-0.2, -0.15) is 0 Å². The zero-order valence-electron chi connectivity index (χ0n) is 13.2. The summed E-state index contributed by atoms with van der Waals surface area (Å²) < 4.78 is 19.4. The van der Waals surface area contributed by atoms with Gasteiger partial charge in [0, 0.05) is 6.07 Å². The van der Waals surface area contributed by atoms with Gasteiger partial charge in [0.15, 0.2) is 0 Å². The molecule has 0 radical (unpaired) electrons. The fourth-order valence-corrected chi connectivity index (χ4v) is 2.82. The second-order valence-electron chi connectivity index (χ2n) is 6.32. The third kappa shape index (κ3) is 4.70. The summed E-state index contributed by atoms with van der Waals surface area (Å²) >= 11 is 0. The van der Waals surface area contributed by atoms with E-state index >= 15 is 0 Å². The van der Waals surface area contributed by atoms with Crippen molar-refractivity contribution in [3.8, 4) is 5.75 Å². The molecule has 22 heavy (non-hydrogen) atoms. The Hall–Kier alpha value is -1.62. The van der Waals surface area contributed by atoms with Crippen LogP contribution in [0.3, 0.4) is 0 Å². The normalized spacial score (nSPS) is 17.3. The lowest BCUT2D eigenvalue weighted by atomic mass is 9.82. The summed E-state index contributed by atoms with van der Waals surface area (Å²) in [5.41, 5.74) is -0.833. The van der Waals surface area contributed by atoms with E-state index in [1.54, 1.807) is 6.07 Å². The number of hydrogen-bond donors (Lipinski definition) is 2. The van der Waals surface area contributed by atoms with Crippen molar-refractivity contribution in [1.29, 1.82) is 0 Å². The number of ether oxygens (including phenoxy) is 1. The third-order valence-corrected chi connectivity index (χ3v) is 3.86. The SMILES string of the molecule is CC(C)Oc1ccc(NC(=O)CC2(O)CCCCC2)c(F)c1. The minimum absolute atomic E-state index is 0.0106. The first-order valence-corrected chi connectivity index (χ1v) is 7.86. The Labute approximate surface area is 130 Å². The van der Waals surface area contributed by atoms with Gasteiger partial charge in [0.05, 0.1) is 23.8 Å². The Morgan fingerprint density at radius 1 is 1.36 bits per heavy atom. The summed E-state index contributed by atoms with van der Waals surface area (Å²) in [5, 5.41) is 12.9. The summed E-state index contributed by atoms with van der Waals surface area (Å²) in [6, 6.07) is 4.36. The molecule has 0 unspecified atom stereocenters. The van der Waals surface area contributed by atoms with Gasteiger partial charge in [-0.05, 0) is 38.8 Å². The maximum Gasteiger partial charge on any atom is 0.227 e. The molecule has 1 aliphatic rings. The second kappa shape index (κ2) is 7.09. The van der Waals surface area contributed by atoms with E-state index in [1.165, 1.54) is 12.1 Å². The minimum Gasteiger partial charge on any atom is -0.491 e. The highest BCUT2D eigenvalue weighted by Gasteiger charge is 2.31. The van der Waals surface area contributed by atoms with Crippen molar-refractivity contribution in [3.63, 3.8) is 0 Å². The van der Waals surface area contributed by atoms with E-state index in [4.69, 9.17) is 4.74 Å². The van der Waals surface area contributed by atoms with E-state index in [1.807, 2.05) is 13.8 Å². The van der Waals surface area contributed by atoms with Crippen LogP contribution in [-0.2, 0) is 4.79 Å². The maximum absolute atomic E-state index is 14.0. The van der Waals surface area contributed by atoms with Crippen LogP contribution in [0, 0.1) is 5.82 Å². The number of anilines is 1. The molecule has 0 saturated heterocycles. The lowest BCUT2D eigenvalue weighted by Crippen LogP contribution is -2.36. The Bertz CT molecular complexity index is 525. The highest BCUT2D eigenvalue weighted by molar-refractivity contribution is 5.91. The lowest BCUT2D eigenvalue weighted by Gasteiger charge is -2.31. The molecule has 2 rings (SSSR count). The molecule has 0 spiro atoms. The second-order valence-corrected chi connectivity index (χ2v) is 6.32. The topological polar surface area (TPSA) is 58.6 Å². The van der Waals surface area contributed by atoms with Crippen LogP contribution in [0.4, 0.5) is 10.1 Å². The van der Waals surface area contributed by atoms with Gasteiger partial charge in [0.25, 0.3) is 0 Å². The summed E-state index contributed by atoms with van der Waals surface area (Å²) in [5.74, 6) is -0.473. The number of nitrogens with one attached hydrogen (secondary N) is 1. The summed E-state index contributed by atoms with van der Waals surface area (Å²) in [6.07, 6.45) is 4.18. The smallest absolute Gasteiger partial charge is 0.227 e. The van der Waals surface area contributed by atoms with Crippen LogP contribution in [0.2, 0.25) is 0 Å². The Morgan fingerprint density at radius 3 is 2.64 bits per heavy atom. The van der Waals surface area contributed by atoms with Crippen LogP contribution in [0.15, 0.2) is 18.2 Å².